The van der Waals surface area contributed by atoms with E-state index in [0.717, 1.165) is 12.2 Å². The Morgan fingerprint density at radius 2 is 2.18 bits per heavy atom. The number of rotatable bonds is 5. The number of ether oxygens (including phenoxy) is 1. The molecule has 0 spiro atoms. The number of likely N-dealkylation sites (N-methyl/N-ethyl adjacent to an activating group) is 1. The van der Waals surface area contributed by atoms with Gasteiger partial charge in [0, 0.05) is 18.1 Å². The molecule has 0 aromatic heterocycles. The zero-order chi connectivity index (χ0) is 15.9. The Labute approximate surface area is 137 Å². The number of hydrogen-bond donors (Lipinski definition) is 1. The summed E-state index contributed by atoms with van der Waals surface area (Å²) in [6.45, 7) is 3.20. The summed E-state index contributed by atoms with van der Waals surface area (Å²) in [5.41, 5.74) is 0. The van der Waals surface area contributed by atoms with Crippen molar-refractivity contribution in [1.82, 2.24) is 10.2 Å². The molecule has 2 amide bonds. The molecule has 122 valence electrons. The minimum Gasteiger partial charge on any atom is -0.492 e. The molecule has 0 radical (unpaired) electrons. The maximum atomic E-state index is 12.2. The highest BCUT2D eigenvalue weighted by Crippen LogP contribution is 2.23. The van der Waals surface area contributed by atoms with Gasteiger partial charge in [-0.15, -0.1) is 0 Å². The van der Waals surface area contributed by atoms with Crippen LogP contribution in [0.3, 0.4) is 0 Å². The van der Waals surface area contributed by atoms with E-state index in [2.05, 4.69) is 12.2 Å². The van der Waals surface area contributed by atoms with Crippen LogP contribution in [-0.2, 0) is 0 Å². The third-order valence-electron chi connectivity index (χ3n) is 4.26. The average Bonchev–Trinajstić information content (AvgIpc) is 2.49. The fraction of sp³-hybridized carbons (Fsp3) is 0.588. The number of carbonyl (C=O) groups excluding carboxylic acids is 1. The van der Waals surface area contributed by atoms with Gasteiger partial charge in [-0.1, -0.05) is 37.4 Å². The van der Waals surface area contributed by atoms with Gasteiger partial charge in [-0.2, -0.15) is 0 Å². The van der Waals surface area contributed by atoms with E-state index < -0.39 is 0 Å². The van der Waals surface area contributed by atoms with Crippen LogP contribution in [0.15, 0.2) is 24.3 Å². The normalized spacial score (nSPS) is 21.2. The third-order valence-corrected chi connectivity index (χ3v) is 4.49. The highest BCUT2D eigenvalue weighted by atomic mass is 35.5. The minimum absolute atomic E-state index is 0.0200. The highest BCUT2D eigenvalue weighted by molar-refractivity contribution is 6.30. The highest BCUT2D eigenvalue weighted by Gasteiger charge is 2.23. The van der Waals surface area contributed by atoms with Crippen molar-refractivity contribution in [2.45, 2.75) is 38.6 Å². The van der Waals surface area contributed by atoms with E-state index in [-0.39, 0.29) is 6.03 Å². The molecule has 4 nitrogen and oxygen atoms in total. The maximum absolute atomic E-state index is 12.2. The van der Waals surface area contributed by atoms with Crippen LogP contribution < -0.4 is 10.1 Å². The predicted octanol–water partition coefficient (Wildman–Crippen LogP) is 3.94. The van der Waals surface area contributed by atoms with Gasteiger partial charge in [0.15, 0.2) is 0 Å². The summed E-state index contributed by atoms with van der Waals surface area (Å²) in [6.07, 6.45) is 4.76. The lowest BCUT2D eigenvalue weighted by atomic mass is 9.86. The number of urea groups is 1. The summed E-state index contributed by atoms with van der Waals surface area (Å²) in [4.78, 5) is 13.9. The number of nitrogens with one attached hydrogen (secondary N) is 1. The molecule has 5 heteroatoms. The molecule has 1 aliphatic rings. The number of halogens is 1. The van der Waals surface area contributed by atoms with Crippen molar-refractivity contribution in [3.05, 3.63) is 29.3 Å². The molecular formula is C17H25ClN2O2. The molecule has 22 heavy (non-hydrogen) atoms. The SMILES string of the molecule is CC1CCCCC1NC(=O)N(C)CCOc1cccc(Cl)c1. The van der Waals surface area contributed by atoms with Crippen molar-refractivity contribution >= 4 is 17.6 Å². The maximum Gasteiger partial charge on any atom is 0.317 e. The lowest BCUT2D eigenvalue weighted by molar-refractivity contribution is 0.181. The summed E-state index contributed by atoms with van der Waals surface area (Å²) in [5.74, 6) is 1.29. The summed E-state index contributed by atoms with van der Waals surface area (Å²) < 4.78 is 5.61. The Bertz CT molecular complexity index is 495. The Morgan fingerprint density at radius 3 is 2.91 bits per heavy atom. The average molecular weight is 325 g/mol. The zero-order valence-corrected chi connectivity index (χ0v) is 14.1. The van der Waals surface area contributed by atoms with Crippen molar-refractivity contribution in [1.29, 1.82) is 0 Å². The Hall–Kier alpha value is -1.42. The van der Waals surface area contributed by atoms with Gasteiger partial charge in [0.05, 0.1) is 6.54 Å². The van der Waals surface area contributed by atoms with Crippen molar-refractivity contribution in [3.8, 4) is 5.75 Å². The van der Waals surface area contributed by atoms with Crippen LogP contribution in [0.25, 0.3) is 0 Å². The first-order valence-corrected chi connectivity index (χ1v) is 8.34. The van der Waals surface area contributed by atoms with E-state index in [0.29, 0.717) is 30.1 Å². The second kappa shape index (κ2) is 8.28. The molecule has 1 fully saturated rings. The molecule has 2 unspecified atom stereocenters. The van der Waals surface area contributed by atoms with E-state index >= 15 is 0 Å². The molecule has 0 heterocycles. The van der Waals surface area contributed by atoms with Gasteiger partial charge in [-0.05, 0) is 37.0 Å². The topological polar surface area (TPSA) is 41.6 Å². The minimum atomic E-state index is -0.0200. The third kappa shape index (κ3) is 5.09. The van der Waals surface area contributed by atoms with Gasteiger partial charge in [-0.25, -0.2) is 4.79 Å². The van der Waals surface area contributed by atoms with Gasteiger partial charge in [0.2, 0.25) is 0 Å². The van der Waals surface area contributed by atoms with Crippen molar-refractivity contribution < 1.29 is 9.53 Å². The van der Waals surface area contributed by atoms with Crippen LogP contribution >= 0.6 is 11.6 Å². The van der Waals surface area contributed by atoms with Crippen molar-refractivity contribution in [2.75, 3.05) is 20.2 Å². The van der Waals surface area contributed by atoms with E-state index in [1.54, 1.807) is 24.1 Å². The quantitative estimate of drug-likeness (QED) is 0.891. The molecule has 1 N–H and O–H groups in total. The standard InChI is InChI=1S/C17H25ClN2O2/c1-13-6-3-4-9-16(13)19-17(21)20(2)10-11-22-15-8-5-7-14(18)12-15/h5,7-8,12-13,16H,3-4,6,9-11H2,1-2H3,(H,19,21). The van der Waals surface area contributed by atoms with Crippen molar-refractivity contribution in [2.24, 2.45) is 5.92 Å². The summed E-state index contributed by atoms with van der Waals surface area (Å²) in [6, 6.07) is 7.56. The number of benzene rings is 1. The van der Waals surface area contributed by atoms with Gasteiger partial charge >= 0.3 is 6.03 Å². The summed E-state index contributed by atoms with van der Waals surface area (Å²) >= 11 is 5.90. The summed E-state index contributed by atoms with van der Waals surface area (Å²) in [5, 5.41) is 3.78. The molecular weight excluding hydrogens is 300 g/mol. The first-order valence-electron chi connectivity index (χ1n) is 7.96. The van der Waals surface area contributed by atoms with Crippen LogP contribution in [-0.4, -0.2) is 37.2 Å². The van der Waals surface area contributed by atoms with Gasteiger partial charge < -0.3 is 15.0 Å². The lowest BCUT2D eigenvalue weighted by Crippen LogP contribution is -2.47. The van der Waals surface area contributed by atoms with Crippen LogP contribution in [0.4, 0.5) is 4.79 Å². The first-order chi connectivity index (χ1) is 10.6. The molecule has 2 rings (SSSR count). The lowest BCUT2D eigenvalue weighted by Gasteiger charge is -2.31. The molecule has 1 saturated carbocycles. The summed E-state index contributed by atoms with van der Waals surface area (Å²) in [7, 11) is 1.80. The van der Waals surface area contributed by atoms with Crippen molar-refractivity contribution in [3.63, 3.8) is 0 Å². The Morgan fingerprint density at radius 1 is 1.41 bits per heavy atom. The van der Waals surface area contributed by atoms with E-state index in [1.165, 1.54) is 19.3 Å². The second-order valence-electron chi connectivity index (χ2n) is 6.05. The van der Waals surface area contributed by atoms with Crippen LogP contribution in [0.5, 0.6) is 5.75 Å². The second-order valence-corrected chi connectivity index (χ2v) is 6.48. The van der Waals surface area contributed by atoms with Gasteiger partial charge in [0.1, 0.15) is 12.4 Å². The molecule has 1 aromatic carbocycles. The zero-order valence-electron chi connectivity index (χ0n) is 13.3. The molecule has 0 aliphatic heterocycles. The van der Waals surface area contributed by atoms with E-state index in [1.807, 2.05) is 12.1 Å². The molecule has 1 aliphatic carbocycles. The Balaban J connectivity index is 1.72. The molecule has 1 aromatic rings. The van der Waals surface area contributed by atoms with Crippen LogP contribution in [0.1, 0.15) is 32.6 Å². The Kier molecular flexibility index (Phi) is 6.37. The smallest absolute Gasteiger partial charge is 0.317 e. The van der Waals surface area contributed by atoms with Gasteiger partial charge in [-0.3, -0.25) is 0 Å². The molecule has 2 atom stereocenters. The largest absolute Gasteiger partial charge is 0.492 e. The fourth-order valence-electron chi connectivity index (χ4n) is 2.76. The molecule has 0 bridgehead atoms. The van der Waals surface area contributed by atoms with Crippen LogP contribution in [0.2, 0.25) is 5.02 Å². The number of hydrogen-bond acceptors (Lipinski definition) is 2. The molecule has 0 saturated heterocycles. The van der Waals surface area contributed by atoms with Crippen LogP contribution in [0, 0.1) is 5.92 Å². The van der Waals surface area contributed by atoms with Gasteiger partial charge in [0.25, 0.3) is 0 Å². The van der Waals surface area contributed by atoms with E-state index in [4.69, 9.17) is 16.3 Å². The predicted molar refractivity (Wildman–Crippen MR) is 89.5 cm³/mol. The first kappa shape index (κ1) is 16.9. The number of amides is 2. The fourth-order valence-corrected chi connectivity index (χ4v) is 2.94. The van der Waals surface area contributed by atoms with E-state index in [9.17, 15) is 4.79 Å². The number of carbonyl (C=O) groups is 1. The monoisotopic (exact) mass is 324 g/mol. The number of nitrogens with zero attached hydrogens (tertiary/aromatic N) is 1.